The van der Waals surface area contributed by atoms with Crippen LogP contribution < -0.4 is 5.32 Å². The van der Waals surface area contributed by atoms with Crippen molar-refractivity contribution >= 4 is 17.9 Å². The summed E-state index contributed by atoms with van der Waals surface area (Å²) in [6, 6.07) is 5.59. The van der Waals surface area contributed by atoms with Gasteiger partial charge in [-0.1, -0.05) is 13.0 Å². The van der Waals surface area contributed by atoms with Crippen LogP contribution in [0.3, 0.4) is 0 Å². The molecule has 1 aromatic carbocycles. The lowest BCUT2D eigenvalue weighted by atomic mass is 9.54. The molecule has 1 aromatic rings. The Hall–Kier alpha value is -2.37. The average Bonchev–Trinajstić information content (AvgIpc) is 3.14. The normalized spacial score (nSPS) is 29.8. The maximum Gasteiger partial charge on any atom is 0.337 e. The molecule has 3 aliphatic carbocycles. The van der Waals surface area contributed by atoms with Crippen LogP contribution in [0.15, 0.2) is 18.2 Å². The highest BCUT2D eigenvalue weighted by molar-refractivity contribution is 5.96. The molecular weight excluding hydrogens is 428 g/mol. The average molecular weight is 469 g/mol. The molecule has 0 aliphatic heterocycles. The van der Waals surface area contributed by atoms with Crippen LogP contribution in [0.2, 0.25) is 0 Å². The summed E-state index contributed by atoms with van der Waals surface area (Å²) in [5.74, 6) is 1.11. The monoisotopic (exact) mass is 468 g/mol. The van der Waals surface area contributed by atoms with Crippen molar-refractivity contribution in [3.63, 3.8) is 0 Å². The van der Waals surface area contributed by atoms with E-state index in [-0.39, 0.29) is 41.3 Å². The number of nitrogens with one attached hydrogen (secondary N) is 1. The van der Waals surface area contributed by atoms with E-state index >= 15 is 0 Å². The zero-order valence-electron chi connectivity index (χ0n) is 21.5. The third-order valence-corrected chi connectivity index (χ3v) is 8.83. The predicted molar refractivity (Wildman–Crippen MR) is 132 cm³/mol. The number of nitrogens with zero attached hydrogens (tertiary/aromatic N) is 1. The molecule has 2 fully saturated rings. The quantitative estimate of drug-likeness (QED) is 0.609. The van der Waals surface area contributed by atoms with Gasteiger partial charge < -0.3 is 10.1 Å². The molecule has 6 nitrogen and oxygen atoms in total. The molecule has 0 saturated heterocycles. The fourth-order valence-corrected chi connectivity index (χ4v) is 7.31. The van der Waals surface area contributed by atoms with Crippen LogP contribution >= 0.6 is 0 Å². The van der Waals surface area contributed by atoms with Crippen molar-refractivity contribution in [2.24, 2.45) is 23.2 Å². The van der Waals surface area contributed by atoms with Gasteiger partial charge in [-0.3, -0.25) is 9.69 Å². The molecule has 186 valence electrons. The van der Waals surface area contributed by atoms with Crippen molar-refractivity contribution in [2.75, 3.05) is 7.11 Å². The second kappa shape index (κ2) is 9.35. The molecule has 0 heterocycles. The Bertz CT molecular complexity index is 971. The number of carbonyl (C=O) groups excluding carboxylic acids is 3. The number of carbonyl (C=O) groups is 3. The second-order valence-corrected chi connectivity index (χ2v) is 11.4. The molecule has 2 saturated carbocycles. The van der Waals surface area contributed by atoms with Gasteiger partial charge in [0.15, 0.2) is 0 Å². The van der Waals surface area contributed by atoms with Crippen LogP contribution in [0.25, 0.3) is 0 Å². The van der Waals surface area contributed by atoms with Gasteiger partial charge >= 0.3 is 12.0 Å². The van der Waals surface area contributed by atoms with E-state index in [0.29, 0.717) is 23.3 Å². The summed E-state index contributed by atoms with van der Waals surface area (Å²) in [6.07, 6.45) is 5.99. The Kier molecular flexibility index (Phi) is 6.80. The summed E-state index contributed by atoms with van der Waals surface area (Å²) in [5.41, 5.74) is 3.20. The van der Waals surface area contributed by atoms with Gasteiger partial charge in [-0.2, -0.15) is 0 Å². The van der Waals surface area contributed by atoms with Gasteiger partial charge in [-0.25, -0.2) is 9.59 Å². The number of methoxy groups -OCH3 is 1. The summed E-state index contributed by atoms with van der Waals surface area (Å²) in [7, 11) is 1.42. The van der Waals surface area contributed by atoms with Crippen molar-refractivity contribution in [3.05, 3.63) is 34.9 Å². The Morgan fingerprint density at radius 3 is 2.47 bits per heavy atom. The molecule has 0 spiro atoms. The summed E-state index contributed by atoms with van der Waals surface area (Å²) in [4.78, 5) is 40.1. The fraction of sp³-hybridized carbons (Fsp3) is 0.679. The number of amides is 3. The van der Waals surface area contributed by atoms with Gasteiger partial charge in [0, 0.05) is 18.0 Å². The minimum Gasteiger partial charge on any atom is -0.465 e. The summed E-state index contributed by atoms with van der Waals surface area (Å²) >= 11 is 0. The van der Waals surface area contributed by atoms with Gasteiger partial charge in [-0.15, -0.1) is 0 Å². The Morgan fingerprint density at radius 1 is 1.09 bits per heavy atom. The van der Waals surface area contributed by atoms with E-state index in [4.69, 9.17) is 4.74 Å². The standard InChI is InChI=1S/C28H40N2O4/c1-16(2)29-27(33)30(17(3)4)25(31)24-12-11-23-22-10-7-18-15-19(26(32)34-6)8-9-20(18)21(22)13-14-28(23,24)5/h8-9,15-17,21-24H,7,10-14H2,1-6H3,(H,29,33)/t21-,22-,23+,24-,28+/m1/s1. The predicted octanol–water partition coefficient (Wildman–Crippen LogP) is 5.30. The van der Waals surface area contributed by atoms with Crippen LogP contribution in [-0.4, -0.2) is 42.0 Å². The molecule has 0 bridgehead atoms. The van der Waals surface area contributed by atoms with E-state index in [1.54, 1.807) is 0 Å². The number of imide groups is 1. The molecule has 3 amide bonds. The first-order valence-corrected chi connectivity index (χ1v) is 12.9. The lowest BCUT2D eigenvalue weighted by molar-refractivity contribution is -0.139. The zero-order valence-corrected chi connectivity index (χ0v) is 21.5. The van der Waals surface area contributed by atoms with Gasteiger partial charge in [0.1, 0.15) is 0 Å². The van der Waals surface area contributed by atoms with Crippen LogP contribution in [0.5, 0.6) is 0 Å². The van der Waals surface area contributed by atoms with Gasteiger partial charge in [-0.05, 0) is 113 Å². The lowest BCUT2D eigenvalue weighted by Gasteiger charge is -2.51. The Morgan fingerprint density at radius 2 is 1.82 bits per heavy atom. The van der Waals surface area contributed by atoms with Gasteiger partial charge in [0.25, 0.3) is 0 Å². The number of urea groups is 1. The SMILES string of the molecule is COC(=O)c1ccc2c(c1)CC[C@@H]1[C@@H]2CC[C@]2(C)[C@@H](C(=O)N(C(=O)NC(C)C)C(C)C)CC[C@@H]12. The fourth-order valence-electron chi connectivity index (χ4n) is 7.31. The topological polar surface area (TPSA) is 75.7 Å². The molecule has 3 aliphatic rings. The second-order valence-electron chi connectivity index (χ2n) is 11.4. The number of fused-ring (bicyclic) bond motifs is 5. The van der Waals surface area contributed by atoms with Crippen LogP contribution in [-0.2, 0) is 16.0 Å². The largest absolute Gasteiger partial charge is 0.465 e. The number of ether oxygens (including phenoxy) is 1. The Balaban J connectivity index is 1.56. The highest BCUT2D eigenvalue weighted by Crippen LogP contribution is 2.63. The minimum absolute atomic E-state index is 0.00414. The van der Waals surface area contributed by atoms with Crippen LogP contribution in [0, 0.1) is 23.2 Å². The van der Waals surface area contributed by atoms with Crippen molar-refractivity contribution < 1.29 is 19.1 Å². The number of benzene rings is 1. The number of rotatable bonds is 4. The Labute approximate surface area is 203 Å². The van der Waals surface area contributed by atoms with E-state index in [1.165, 1.54) is 23.1 Å². The summed E-state index contributed by atoms with van der Waals surface area (Å²) in [6.45, 7) is 9.99. The van der Waals surface area contributed by atoms with Crippen molar-refractivity contribution in [3.8, 4) is 0 Å². The van der Waals surface area contributed by atoms with Gasteiger partial charge in [0.05, 0.1) is 12.7 Å². The third-order valence-electron chi connectivity index (χ3n) is 8.83. The van der Waals surface area contributed by atoms with Crippen LogP contribution in [0.4, 0.5) is 4.79 Å². The number of hydrogen-bond acceptors (Lipinski definition) is 4. The first-order chi connectivity index (χ1) is 16.1. The highest BCUT2D eigenvalue weighted by Gasteiger charge is 2.57. The molecule has 5 atom stereocenters. The molecule has 4 rings (SSSR count). The molecule has 0 aromatic heterocycles. The first kappa shape index (κ1) is 24.7. The maximum atomic E-state index is 13.8. The summed E-state index contributed by atoms with van der Waals surface area (Å²) < 4.78 is 4.91. The van der Waals surface area contributed by atoms with E-state index < -0.39 is 0 Å². The number of hydrogen-bond donors (Lipinski definition) is 1. The summed E-state index contributed by atoms with van der Waals surface area (Å²) in [5, 5.41) is 2.92. The highest BCUT2D eigenvalue weighted by atomic mass is 16.5. The molecule has 0 unspecified atom stereocenters. The van der Waals surface area contributed by atoms with Gasteiger partial charge in [0.2, 0.25) is 5.91 Å². The van der Waals surface area contributed by atoms with Crippen molar-refractivity contribution in [1.82, 2.24) is 10.2 Å². The third kappa shape index (κ3) is 4.14. The minimum atomic E-state index is -0.283. The molecule has 0 radical (unpaired) electrons. The van der Waals surface area contributed by atoms with E-state index in [1.807, 2.05) is 39.8 Å². The maximum absolute atomic E-state index is 13.8. The first-order valence-electron chi connectivity index (χ1n) is 12.9. The van der Waals surface area contributed by atoms with E-state index in [9.17, 15) is 14.4 Å². The molecule has 6 heteroatoms. The smallest absolute Gasteiger partial charge is 0.337 e. The zero-order chi connectivity index (χ0) is 24.8. The molecule has 34 heavy (non-hydrogen) atoms. The molecule has 1 N–H and O–H groups in total. The lowest BCUT2D eigenvalue weighted by Crippen LogP contribution is -2.54. The number of aryl methyl sites for hydroxylation is 1. The molecular formula is C28H40N2O4. The van der Waals surface area contributed by atoms with Crippen molar-refractivity contribution in [2.45, 2.75) is 91.1 Å². The van der Waals surface area contributed by atoms with Crippen LogP contribution in [0.1, 0.15) is 94.1 Å². The van der Waals surface area contributed by atoms with Crippen molar-refractivity contribution in [1.29, 1.82) is 0 Å². The van der Waals surface area contributed by atoms with E-state index in [0.717, 1.165) is 38.5 Å². The number of esters is 1. The van der Waals surface area contributed by atoms with E-state index in [2.05, 4.69) is 18.3 Å².